The van der Waals surface area contributed by atoms with E-state index < -0.39 is 0 Å². The molecule has 2 rings (SSSR count). The minimum atomic E-state index is 0.219. The van der Waals surface area contributed by atoms with Crippen molar-refractivity contribution in [3.8, 4) is 0 Å². The van der Waals surface area contributed by atoms with Crippen molar-refractivity contribution in [2.24, 2.45) is 5.73 Å². The molecule has 82 valence electrons. The highest BCUT2D eigenvalue weighted by Gasteiger charge is 2.30. The molecular weight excluding hydrogens is 252 g/mol. The molecule has 15 heavy (non-hydrogen) atoms. The van der Waals surface area contributed by atoms with Gasteiger partial charge in [0.1, 0.15) is 0 Å². The lowest BCUT2D eigenvalue weighted by Gasteiger charge is -2.28. The highest BCUT2D eigenvalue weighted by molar-refractivity contribution is 9.10. The molecule has 2 atom stereocenters. The summed E-state index contributed by atoms with van der Waals surface area (Å²) in [5.41, 5.74) is 8.79. The summed E-state index contributed by atoms with van der Waals surface area (Å²) in [5.74, 6) is 0. The van der Waals surface area contributed by atoms with Gasteiger partial charge in [0, 0.05) is 28.8 Å². The molecule has 1 aromatic carbocycles. The monoisotopic (exact) mass is 268 g/mol. The van der Waals surface area contributed by atoms with Crippen molar-refractivity contribution in [1.29, 1.82) is 0 Å². The van der Waals surface area contributed by atoms with Crippen LogP contribution in [0.5, 0.6) is 0 Å². The number of rotatable bonds is 2. The van der Waals surface area contributed by atoms with E-state index in [4.69, 9.17) is 5.73 Å². The Labute approximate surface area is 99.6 Å². The normalized spacial score (nSPS) is 21.6. The minimum Gasteiger partial charge on any atom is -0.367 e. The highest BCUT2D eigenvalue weighted by atomic mass is 79.9. The van der Waals surface area contributed by atoms with Crippen molar-refractivity contribution < 1.29 is 0 Å². The average molecular weight is 269 g/mol. The van der Waals surface area contributed by atoms with Gasteiger partial charge in [-0.15, -0.1) is 0 Å². The Morgan fingerprint density at radius 3 is 2.93 bits per heavy atom. The van der Waals surface area contributed by atoms with Crippen LogP contribution >= 0.6 is 15.9 Å². The Hall–Kier alpha value is -0.540. The first kappa shape index (κ1) is 11.0. The molecule has 0 fully saturated rings. The Balaban J connectivity index is 2.37. The fourth-order valence-electron chi connectivity index (χ4n) is 2.39. The van der Waals surface area contributed by atoms with Crippen LogP contribution in [-0.4, -0.2) is 18.6 Å². The van der Waals surface area contributed by atoms with E-state index in [2.05, 4.69) is 52.9 Å². The molecular formula is C12H17BrN2. The third-order valence-corrected chi connectivity index (χ3v) is 3.62. The predicted molar refractivity (Wildman–Crippen MR) is 68.3 cm³/mol. The highest BCUT2D eigenvalue weighted by Crippen LogP contribution is 2.34. The van der Waals surface area contributed by atoms with E-state index >= 15 is 0 Å². The first-order chi connectivity index (χ1) is 7.13. The second-order valence-corrected chi connectivity index (χ2v) is 5.11. The zero-order chi connectivity index (χ0) is 11.0. The van der Waals surface area contributed by atoms with E-state index in [0.29, 0.717) is 6.04 Å². The van der Waals surface area contributed by atoms with Crippen LogP contribution in [0.1, 0.15) is 19.4 Å². The SMILES string of the molecule is CCN1c2ccc(Br)cc2CC1C(C)N. The van der Waals surface area contributed by atoms with Crippen LogP contribution in [0.2, 0.25) is 0 Å². The van der Waals surface area contributed by atoms with E-state index in [0.717, 1.165) is 17.4 Å². The van der Waals surface area contributed by atoms with Gasteiger partial charge < -0.3 is 10.6 Å². The topological polar surface area (TPSA) is 29.3 Å². The summed E-state index contributed by atoms with van der Waals surface area (Å²) in [6, 6.07) is 7.17. The predicted octanol–water partition coefficient (Wildman–Crippen LogP) is 2.55. The number of nitrogens with zero attached hydrogens (tertiary/aromatic N) is 1. The Bertz CT molecular complexity index is 363. The summed E-state index contributed by atoms with van der Waals surface area (Å²) < 4.78 is 1.16. The molecule has 0 aliphatic carbocycles. The van der Waals surface area contributed by atoms with E-state index in [-0.39, 0.29) is 6.04 Å². The van der Waals surface area contributed by atoms with Crippen molar-refractivity contribution in [2.45, 2.75) is 32.4 Å². The van der Waals surface area contributed by atoms with Crippen LogP contribution in [-0.2, 0) is 6.42 Å². The summed E-state index contributed by atoms with van der Waals surface area (Å²) in [7, 11) is 0. The van der Waals surface area contributed by atoms with Gasteiger partial charge in [-0.2, -0.15) is 0 Å². The quantitative estimate of drug-likeness (QED) is 0.894. The van der Waals surface area contributed by atoms with Gasteiger partial charge in [-0.1, -0.05) is 15.9 Å². The number of benzene rings is 1. The second kappa shape index (κ2) is 4.14. The second-order valence-electron chi connectivity index (χ2n) is 4.19. The Kier molecular flexibility index (Phi) is 3.03. The van der Waals surface area contributed by atoms with E-state index in [1.807, 2.05) is 0 Å². The van der Waals surface area contributed by atoms with Crippen molar-refractivity contribution in [2.75, 3.05) is 11.4 Å². The van der Waals surface area contributed by atoms with Crippen molar-refractivity contribution in [1.82, 2.24) is 0 Å². The molecule has 2 nitrogen and oxygen atoms in total. The summed E-state index contributed by atoms with van der Waals surface area (Å²) in [5, 5.41) is 0. The zero-order valence-corrected chi connectivity index (χ0v) is 10.8. The largest absolute Gasteiger partial charge is 0.367 e. The van der Waals surface area contributed by atoms with Crippen molar-refractivity contribution in [3.05, 3.63) is 28.2 Å². The summed E-state index contributed by atoms with van der Waals surface area (Å²) >= 11 is 3.51. The Morgan fingerprint density at radius 2 is 2.33 bits per heavy atom. The molecule has 0 radical (unpaired) electrons. The maximum Gasteiger partial charge on any atom is 0.0479 e. The molecule has 0 spiro atoms. The maximum absolute atomic E-state index is 6.03. The smallest absolute Gasteiger partial charge is 0.0479 e. The van der Waals surface area contributed by atoms with Crippen molar-refractivity contribution >= 4 is 21.6 Å². The van der Waals surface area contributed by atoms with Crippen LogP contribution in [0, 0.1) is 0 Å². The summed E-state index contributed by atoms with van der Waals surface area (Å²) in [6.07, 6.45) is 1.07. The lowest BCUT2D eigenvalue weighted by Crippen LogP contribution is -2.44. The Morgan fingerprint density at radius 1 is 1.60 bits per heavy atom. The number of fused-ring (bicyclic) bond motifs is 1. The third kappa shape index (κ3) is 1.91. The number of likely N-dealkylation sites (N-methyl/N-ethyl adjacent to an activating group) is 1. The fraction of sp³-hybridized carbons (Fsp3) is 0.500. The van der Waals surface area contributed by atoms with E-state index in [1.54, 1.807) is 0 Å². The van der Waals surface area contributed by atoms with Gasteiger partial charge >= 0.3 is 0 Å². The van der Waals surface area contributed by atoms with Crippen LogP contribution < -0.4 is 10.6 Å². The van der Waals surface area contributed by atoms with E-state index in [9.17, 15) is 0 Å². The number of nitrogens with two attached hydrogens (primary N) is 1. The number of halogens is 1. The summed E-state index contributed by atoms with van der Waals surface area (Å²) in [6.45, 7) is 5.31. The molecule has 3 heteroatoms. The van der Waals surface area contributed by atoms with Crippen molar-refractivity contribution in [3.63, 3.8) is 0 Å². The van der Waals surface area contributed by atoms with Gasteiger partial charge in [0.05, 0.1) is 0 Å². The first-order valence-corrected chi connectivity index (χ1v) is 6.23. The lowest BCUT2D eigenvalue weighted by molar-refractivity contribution is 0.539. The van der Waals surface area contributed by atoms with Gasteiger partial charge in [-0.25, -0.2) is 0 Å². The lowest BCUT2D eigenvalue weighted by atomic mass is 10.1. The minimum absolute atomic E-state index is 0.219. The number of hydrogen-bond acceptors (Lipinski definition) is 2. The fourth-order valence-corrected chi connectivity index (χ4v) is 2.80. The standard InChI is InChI=1S/C12H17BrN2/c1-3-15-11-5-4-10(13)6-9(11)7-12(15)8(2)14/h4-6,8,12H,3,7,14H2,1-2H3. The molecule has 0 bridgehead atoms. The number of anilines is 1. The van der Waals surface area contributed by atoms with Crippen LogP contribution in [0.25, 0.3) is 0 Å². The zero-order valence-electron chi connectivity index (χ0n) is 9.20. The molecule has 0 saturated heterocycles. The molecule has 2 unspecified atom stereocenters. The summed E-state index contributed by atoms with van der Waals surface area (Å²) in [4.78, 5) is 2.41. The third-order valence-electron chi connectivity index (χ3n) is 3.13. The van der Waals surface area contributed by atoms with E-state index in [1.165, 1.54) is 11.3 Å². The molecule has 0 amide bonds. The van der Waals surface area contributed by atoms with Gasteiger partial charge in [0.2, 0.25) is 0 Å². The molecule has 1 aliphatic rings. The molecule has 1 heterocycles. The van der Waals surface area contributed by atoms with Crippen LogP contribution in [0.4, 0.5) is 5.69 Å². The molecule has 1 aliphatic heterocycles. The van der Waals surface area contributed by atoms with Crippen LogP contribution in [0.3, 0.4) is 0 Å². The van der Waals surface area contributed by atoms with Gasteiger partial charge in [0.15, 0.2) is 0 Å². The molecule has 2 N–H and O–H groups in total. The molecule has 1 aromatic rings. The van der Waals surface area contributed by atoms with Gasteiger partial charge in [-0.3, -0.25) is 0 Å². The van der Waals surface area contributed by atoms with Gasteiger partial charge in [0.25, 0.3) is 0 Å². The number of hydrogen-bond donors (Lipinski definition) is 1. The van der Waals surface area contributed by atoms with Crippen LogP contribution in [0.15, 0.2) is 22.7 Å². The maximum atomic E-state index is 6.03. The molecule has 0 saturated carbocycles. The average Bonchev–Trinajstić information content (AvgIpc) is 2.55. The molecule has 0 aromatic heterocycles. The van der Waals surface area contributed by atoms with Gasteiger partial charge in [-0.05, 0) is 44.0 Å². The first-order valence-electron chi connectivity index (χ1n) is 5.44.